The molecule has 1 N–H and O–H groups in total. The quantitative estimate of drug-likeness (QED) is 0.915. The average Bonchev–Trinajstić information content (AvgIpc) is 2.32. The normalized spacial score (nSPS) is 10.5. The zero-order chi connectivity index (χ0) is 12.3. The van der Waals surface area contributed by atoms with Crippen LogP contribution in [0.5, 0.6) is 0 Å². The van der Waals surface area contributed by atoms with Crippen LogP contribution >= 0.6 is 27.7 Å². The van der Waals surface area contributed by atoms with Crippen LogP contribution in [0, 0.1) is 5.82 Å². The van der Waals surface area contributed by atoms with Crippen LogP contribution in [0.25, 0.3) is 0 Å². The lowest BCUT2D eigenvalue weighted by Crippen LogP contribution is -1.86. The zero-order valence-corrected chi connectivity index (χ0v) is 11.3. The van der Waals surface area contributed by atoms with Crippen molar-refractivity contribution in [3.8, 4) is 0 Å². The van der Waals surface area contributed by atoms with Crippen molar-refractivity contribution in [2.24, 2.45) is 0 Å². The molecule has 0 radical (unpaired) electrons. The highest BCUT2D eigenvalue weighted by molar-refractivity contribution is 9.10. The van der Waals surface area contributed by atoms with E-state index in [1.165, 1.54) is 17.8 Å². The second-order valence-electron chi connectivity index (χ2n) is 3.44. The summed E-state index contributed by atoms with van der Waals surface area (Å²) in [6.07, 6.45) is 0. The van der Waals surface area contributed by atoms with Crippen molar-refractivity contribution in [2.75, 3.05) is 0 Å². The Kier molecular flexibility index (Phi) is 4.20. The molecule has 0 aromatic heterocycles. The van der Waals surface area contributed by atoms with Crippen molar-refractivity contribution >= 4 is 27.7 Å². The molecule has 4 heteroatoms. The van der Waals surface area contributed by atoms with Crippen molar-refractivity contribution in [2.45, 2.75) is 16.4 Å². The molecule has 0 fully saturated rings. The SMILES string of the molecule is OCc1ccc(Sc2ccccc2F)cc1Br. The standard InChI is InChI=1S/C13H10BrFOS/c14-11-7-10(6-5-9(11)8-16)17-13-4-2-1-3-12(13)15/h1-7,16H,8H2. The molecule has 0 aliphatic rings. The van der Waals surface area contributed by atoms with Crippen LogP contribution in [-0.4, -0.2) is 5.11 Å². The topological polar surface area (TPSA) is 20.2 Å². The lowest BCUT2D eigenvalue weighted by Gasteiger charge is -2.06. The van der Waals surface area contributed by atoms with Crippen molar-refractivity contribution in [1.82, 2.24) is 0 Å². The first-order chi connectivity index (χ1) is 8.20. The summed E-state index contributed by atoms with van der Waals surface area (Å²) in [4.78, 5) is 1.52. The van der Waals surface area contributed by atoms with Gasteiger partial charge in [-0.05, 0) is 29.8 Å². The summed E-state index contributed by atoms with van der Waals surface area (Å²) in [5.41, 5.74) is 0.822. The van der Waals surface area contributed by atoms with E-state index in [1.807, 2.05) is 24.3 Å². The molecule has 0 spiro atoms. The Morgan fingerprint density at radius 2 is 1.94 bits per heavy atom. The molecule has 0 aliphatic heterocycles. The average molecular weight is 313 g/mol. The predicted octanol–water partition coefficient (Wildman–Crippen LogP) is 4.23. The van der Waals surface area contributed by atoms with Crippen LogP contribution in [-0.2, 0) is 6.61 Å². The lowest BCUT2D eigenvalue weighted by atomic mass is 10.2. The molecular formula is C13H10BrFOS. The molecule has 1 nitrogen and oxygen atoms in total. The molecule has 0 aliphatic carbocycles. The molecule has 2 aromatic rings. The van der Waals surface area contributed by atoms with Gasteiger partial charge in [-0.25, -0.2) is 4.39 Å². The fourth-order valence-electron chi connectivity index (χ4n) is 1.37. The number of aliphatic hydroxyl groups excluding tert-OH is 1. The van der Waals surface area contributed by atoms with Crippen molar-refractivity contribution in [1.29, 1.82) is 0 Å². The molecule has 88 valence electrons. The number of hydrogen-bond acceptors (Lipinski definition) is 2. The van der Waals surface area contributed by atoms with Gasteiger partial charge < -0.3 is 5.11 Å². The molecule has 0 saturated heterocycles. The smallest absolute Gasteiger partial charge is 0.137 e. The number of benzene rings is 2. The van der Waals surface area contributed by atoms with Gasteiger partial charge in [0, 0.05) is 14.3 Å². The minimum atomic E-state index is -0.222. The highest BCUT2D eigenvalue weighted by atomic mass is 79.9. The zero-order valence-electron chi connectivity index (χ0n) is 8.86. The fraction of sp³-hybridized carbons (Fsp3) is 0.0769. The summed E-state index contributed by atoms with van der Waals surface area (Å²) in [5, 5.41) is 9.05. The molecule has 2 aromatic carbocycles. The largest absolute Gasteiger partial charge is 0.392 e. The molecule has 0 unspecified atom stereocenters. The van der Waals surface area contributed by atoms with Gasteiger partial charge in [0.15, 0.2) is 0 Å². The Bertz CT molecular complexity index is 531. The summed E-state index contributed by atoms with van der Waals surface area (Å²) in [7, 11) is 0. The molecule has 0 saturated carbocycles. The first-order valence-corrected chi connectivity index (χ1v) is 6.63. The predicted molar refractivity (Wildman–Crippen MR) is 70.6 cm³/mol. The summed E-state index contributed by atoms with van der Waals surface area (Å²) in [6, 6.07) is 12.2. The van der Waals surface area contributed by atoms with E-state index in [-0.39, 0.29) is 12.4 Å². The van der Waals surface area contributed by atoms with Crippen LogP contribution < -0.4 is 0 Å². The third-order valence-corrected chi connectivity index (χ3v) is 4.04. The second kappa shape index (κ2) is 5.67. The van der Waals surface area contributed by atoms with E-state index in [2.05, 4.69) is 15.9 Å². The van der Waals surface area contributed by atoms with E-state index in [0.717, 1.165) is 14.9 Å². The number of hydrogen-bond donors (Lipinski definition) is 1. The van der Waals surface area contributed by atoms with E-state index in [4.69, 9.17) is 5.11 Å². The van der Waals surface area contributed by atoms with Crippen molar-refractivity contribution < 1.29 is 9.50 Å². The maximum Gasteiger partial charge on any atom is 0.137 e. The Morgan fingerprint density at radius 1 is 1.18 bits per heavy atom. The van der Waals surface area contributed by atoms with Gasteiger partial charge >= 0.3 is 0 Å². The minimum Gasteiger partial charge on any atom is -0.392 e. The first-order valence-electron chi connectivity index (χ1n) is 5.02. The second-order valence-corrected chi connectivity index (χ2v) is 5.41. The van der Waals surface area contributed by atoms with E-state index in [1.54, 1.807) is 12.1 Å². The van der Waals surface area contributed by atoms with Gasteiger partial charge in [0.25, 0.3) is 0 Å². The highest BCUT2D eigenvalue weighted by Gasteiger charge is 2.05. The van der Waals surface area contributed by atoms with E-state index >= 15 is 0 Å². The van der Waals surface area contributed by atoms with Crippen LogP contribution in [0.4, 0.5) is 4.39 Å². The maximum atomic E-state index is 13.4. The third kappa shape index (κ3) is 3.09. The lowest BCUT2D eigenvalue weighted by molar-refractivity contribution is 0.281. The minimum absolute atomic E-state index is 0.00870. The fourth-order valence-corrected chi connectivity index (χ4v) is 2.91. The summed E-state index contributed by atoms with van der Waals surface area (Å²) < 4.78 is 14.3. The number of halogens is 2. The molecule has 17 heavy (non-hydrogen) atoms. The third-order valence-electron chi connectivity index (χ3n) is 2.26. The molecule has 2 rings (SSSR count). The Hall–Kier alpha value is -0.840. The summed E-state index contributed by atoms with van der Waals surface area (Å²) in [6.45, 7) is -0.00870. The Balaban J connectivity index is 2.25. The van der Waals surface area contributed by atoms with Crippen LogP contribution in [0.1, 0.15) is 5.56 Å². The molecular weight excluding hydrogens is 303 g/mol. The molecule has 0 bridgehead atoms. The van der Waals surface area contributed by atoms with Gasteiger partial charge in [-0.15, -0.1) is 0 Å². The van der Waals surface area contributed by atoms with E-state index < -0.39 is 0 Å². The van der Waals surface area contributed by atoms with Gasteiger partial charge in [0.2, 0.25) is 0 Å². The Morgan fingerprint density at radius 3 is 2.59 bits per heavy atom. The Labute approximate surface area is 112 Å². The van der Waals surface area contributed by atoms with E-state index in [0.29, 0.717) is 4.90 Å². The van der Waals surface area contributed by atoms with Crippen LogP contribution in [0.3, 0.4) is 0 Å². The van der Waals surface area contributed by atoms with E-state index in [9.17, 15) is 4.39 Å². The van der Waals surface area contributed by atoms with Crippen LogP contribution in [0.2, 0.25) is 0 Å². The van der Waals surface area contributed by atoms with Gasteiger partial charge in [0.1, 0.15) is 5.82 Å². The molecule has 0 amide bonds. The highest BCUT2D eigenvalue weighted by Crippen LogP contribution is 2.32. The van der Waals surface area contributed by atoms with Crippen LogP contribution in [0.15, 0.2) is 56.7 Å². The van der Waals surface area contributed by atoms with Gasteiger partial charge in [-0.3, -0.25) is 0 Å². The summed E-state index contributed by atoms with van der Waals surface area (Å²) in [5.74, 6) is -0.222. The summed E-state index contributed by atoms with van der Waals surface area (Å²) >= 11 is 4.73. The van der Waals surface area contributed by atoms with Gasteiger partial charge in [0.05, 0.1) is 6.61 Å². The number of aliphatic hydroxyl groups is 1. The van der Waals surface area contributed by atoms with Gasteiger partial charge in [-0.1, -0.05) is 45.9 Å². The van der Waals surface area contributed by atoms with Crippen molar-refractivity contribution in [3.63, 3.8) is 0 Å². The maximum absolute atomic E-state index is 13.4. The van der Waals surface area contributed by atoms with Gasteiger partial charge in [-0.2, -0.15) is 0 Å². The van der Waals surface area contributed by atoms with Crippen molar-refractivity contribution in [3.05, 3.63) is 58.3 Å². The molecule has 0 atom stereocenters. The monoisotopic (exact) mass is 312 g/mol. The molecule has 0 heterocycles. The number of rotatable bonds is 3. The first kappa shape index (κ1) is 12.6.